The zero-order valence-corrected chi connectivity index (χ0v) is 33.7. The fourth-order valence-electron chi connectivity index (χ4n) is 9.76. The molecule has 0 amide bonds. The number of benzene rings is 10. The smallest absolute Gasteiger partial charge is 0.128 e. The maximum Gasteiger partial charge on any atom is 0.128 e. The first-order chi connectivity index (χ1) is 29.3. The van der Waals surface area contributed by atoms with Crippen molar-refractivity contribution in [3.05, 3.63) is 233 Å². The van der Waals surface area contributed by atoms with E-state index in [-0.39, 0.29) is 0 Å². The Morgan fingerprint density at radius 3 is 1.65 bits per heavy atom. The molecule has 11 rings (SSSR count). The molecule has 0 radical (unpaired) electrons. The molecule has 0 fully saturated rings. The average Bonchev–Trinajstić information content (AvgIpc) is 3.58. The standard InChI is InChI=1S/C57H42O3/c1-36-12-13-41-31-46(18-14-40(41)30-36)57(54-35-39-10-5-4-9-38(39)34-53(54)52-29-17-37-8-6-7-11-51(37)55(52)57)47-19-15-43-33-50(24-16-42(43)32-47)60-49-27-22-45(23-28-49)56(2,58)44-20-25-48(59-3)26-21-44/h4-35,58H,1-3H3. The fraction of sp³-hybridized carbons (Fsp3) is 0.0877. The van der Waals surface area contributed by atoms with E-state index >= 15 is 0 Å². The summed E-state index contributed by atoms with van der Waals surface area (Å²) in [6.45, 7) is 3.97. The molecule has 10 aromatic rings. The highest BCUT2D eigenvalue weighted by atomic mass is 16.5. The van der Waals surface area contributed by atoms with Crippen LogP contribution in [0.5, 0.6) is 17.2 Å². The van der Waals surface area contributed by atoms with E-state index in [0.29, 0.717) is 5.75 Å². The molecule has 3 nitrogen and oxygen atoms in total. The van der Waals surface area contributed by atoms with Gasteiger partial charge in [0.25, 0.3) is 0 Å². The Balaban J connectivity index is 1.05. The molecule has 0 heterocycles. The van der Waals surface area contributed by atoms with Crippen molar-refractivity contribution < 1.29 is 14.6 Å². The number of hydrogen-bond acceptors (Lipinski definition) is 3. The van der Waals surface area contributed by atoms with Gasteiger partial charge in [0.2, 0.25) is 0 Å². The summed E-state index contributed by atoms with van der Waals surface area (Å²) in [5, 5.41) is 21.2. The van der Waals surface area contributed by atoms with Crippen molar-refractivity contribution in [3.63, 3.8) is 0 Å². The SMILES string of the molecule is COc1ccc(C(C)(O)c2ccc(Oc3ccc4cc(C5(c6ccc7cc(C)ccc7c6)c6cc7ccccc7cc6-c6ccc7ccccc7c65)ccc4c3)cc2)cc1. The molecule has 0 aliphatic heterocycles. The maximum absolute atomic E-state index is 11.5. The van der Waals surface area contributed by atoms with Crippen LogP contribution in [0.25, 0.3) is 54.2 Å². The van der Waals surface area contributed by atoms with Crippen molar-refractivity contribution in [2.75, 3.05) is 7.11 Å². The van der Waals surface area contributed by atoms with Crippen molar-refractivity contribution in [2.24, 2.45) is 0 Å². The number of methoxy groups -OCH3 is 1. The summed E-state index contributed by atoms with van der Waals surface area (Å²) < 4.78 is 11.8. The van der Waals surface area contributed by atoms with Gasteiger partial charge in [0.15, 0.2) is 0 Å². The molecule has 1 aliphatic carbocycles. The molecular weight excluding hydrogens is 733 g/mol. The first-order valence-electron chi connectivity index (χ1n) is 20.6. The number of ether oxygens (including phenoxy) is 2. The van der Waals surface area contributed by atoms with Crippen LogP contribution in [0, 0.1) is 6.92 Å². The lowest BCUT2D eigenvalue weighted by molar-refractivity contribution is 0.102. The Morgan fingerprint density at radius 1 is 0.450 bits per heavy atom. The Labute approximate surface area is 349 Å². The number of hydrogen-bond donors (Lipinski definition) is 1. The van der Waals surface area contributed by atoms with E-state index in [1.807, 2.05) is 48.5 Å². The molecule has 1 N–H and O–H groups in total. The van der Waals surface area contributed by atoms with Crippen molar-refractivity contribution in [3.8, 4) is 28.4 Å². The Kier molecular flexibility index (Phi) is 8.20. The highest BCUT2D eigenvalue weighted by Gasteiger charge is 2.47. The lowest BCUT2D eigenvalue weighted by Gasteiger charge is -2.35. The van der Waals surface area contributed by atoms with Gasteiger partial charge in [0.05, 0.1) is 12.5 Å². The van der Waals surface area contributed by atoms with Gasteiger partial charge in [-0.2, -0.15) is 0 Å². The second-order valence-corrected chi connectivity index (χ2v) is 16.4. The van der Waals surface area contributed by atoms with Crippen molar-refractivity contribution in [1.82, 2.24) is 0 Å². The second kappa shape index (κ2) is 13.7. The lowest BCUT2D eigenvalue weighted by atomic mass is 9.66. The van der Waals surface area contributed by atoms with E-state index < -0.39 is 11.0 Å². The van der Waals surface area contributed by atoms with E-state index in [9.17, 15) is 5.11 Å². The Hall–Kier alpha value is -7.20. The number of fused-ring (bicyclic) bond motifs is 8. The molecule has 2 atom stereocenters. The van der Waals surface area contributed by atoms with Gasteiger partial charge in [-0.15, -0.1) is 0 Å². The van der Waals surface area contributed by atoms with Crippen LogP contribution in [-0.2, 0) is 11.0 Å². The predicted octanol–water partition coefficient (Wildman–Crippen LogP) is 14.0. The minimum Gasteiger partial charge on any atom is -0.497 e. The molecule has 1 aliphatic rings. The minimum absolute atomic E-state index is 0.604. The molecule has 3 heteroatoms. The van der Waals surface area contributed by atoms with Gasteiger partial charge in [-0.05, 0) is 162 Å². The van der Waals surface area contributed by atoms with Gasteiger partial charge in [0.1, 0.15) is 22.8 Å². The van der Waals surface area contributed by atoms with Crippen LogP contribution in [0.3, 0.4) is 0 Å². The molecule has 0 aromatic heterocycles. The third-order valence-corrected chi connectivity index (χ3v) is 12.9. The molecule has 288 valence electrons. The molecule has 2 unspecified atom stereocenters. The number of aliphatic hydroxyl groups is 1. The summed E-state index contributed by atoms with van der Waals surface area (Å²) in [6.07, 6.45) is 0. The summed E-state index contributed by atoms with van der Waals surface area (Å²) in [5.74, 6) is 2.20. The molecule has 0 saturated heterocycles. The predicted molar refractivity (Wildman–Crippen MR) is 247 cm³/mol. The molecular formula is C57H42O3. The van der Waals surface area contributed by atoms with Crippen LogP contribution in [0.4, 0.5) is 0 Å². The van der Waals surface area contributed by atoms with E-state index in [2.05, 4.69) is 153 Å². The van der Waals surface area contributed by atoms with Crippen LogP contribution in [-0.4, -0.2) is 12.2 Å². The van der Waals surface area contributed by atoms with Gasteiger partial charge in [-0.1, -0.05) is 139 Å². The highest BCUT2D eigenvalue weighted by Crippen LogP contribution is 2.59. The van der Waals surface area contributed by atoms with E-state index in [4.69, 9.17) is 9.47 Å². The summed E-state index contributed by atoms with van der Waals surface area (Å²) in [4.78, 5) is 0. The minimum atomic E-state index is -1.17. The zero-order chi connectivity index (χ0) is 40.6. The van der Waals surface area contributed by atoms with Gasteiger partial charge >= 0.3 is 0 Å². The summed E-state index contributed by atoms with van der Waals surface area (Å²) in [6, 6.07) is 69.4. The van der Waals surface area contributed by atoms with Crippen LogP contribution < -0.4 is 9.47 Å². The molecule has 0 bridgehead atoms. The van der Waals surface area contributed by atoms with Crippen molar-refractivity contribution in [1.29, 1.82) is 0 Å². The molecule has 0 saturated carbocycles. The fourth-order valence-corrected chi connectivity index (χ4v) is 9.76. The highest BCUT2D eigenvalue weighted by molar-refractivity contribution is 6.04. The van der Waals surface area contributed by atoms with E-state index in [0.717, 1.165) is 33.4 Å². The number of aryl methyl sites for hydroxylation is 1. The normalized spacial score (nSPS) is 15.5. The zero-order valence-electron chi connectivity index (χ0n) is 33.7. The van der Waals surface area contributed by atoms with Gasteiger partial charge in [-0.25, -0.2) is 0 Å². The first kappa shape index (κ1) is 35.9. The average molecular weight is 775 g/mol. The van der Waals surface area contributed by atoms with Gasteiger partial charge < -0.3 is 14.6 Å². The monoisotopic (exact) mass is 774 g/mol. The van der Waals surface area contributed by atoms with Crippen LogP contribution in [0.2, 0.25) is 0 Å². The van der Waals surface area contributed by atoms with E-state index in [1.54, 1.807) is 14.0 Å². The van der Waals surface area contributed by atoms with Gasteiger partial charge in [-0.3, -0.25) is 0 Å². The second-order valence-electron chi connectivity index (χ2n) is 16.4. The number of rotatable bonds is 7. The summed E-state index contributed by atoms with van der Waals surface area (Å²) in [7, 11) is 1.64. The first-order valence-corrected chi connectivity index (χ1v) is 20.6. The van der Waals surface area contributed by atoms with Gasteiger partial charge in [0, 0.05) is 0 Å². The van der Waals surface area contributed by atoms with Crippen LogP contribution in [0.1, 0.15) is 45.9 Å². The molecule has 0 spiro atoms. The Bertz CT molecular complexity index is 3310. The molecule has 10 aromatic carbocycles. The quantitative estimate of drug-likeness (QED) is 0.175. The van der Waals surface area contributed by atoms with E-state index in [1.165, 1.54) is 71.3 Å². The van der Waals surface area contributed by atoms with Crippen LogP contribution >= 0.6 is 0 Å². The lowest BCUT2D eigenvalue weighted by Crippen LogP contribution is -2.29. The largest absolute Gasteiger partial charge is 0.497 e. The topological polar surface area (TPSA) is 38.7 Å². The molecule has 60 heavy (non-hydrogen) atoms. The van der Waals surface area contributed by atoms with Crippen molar-refractivity contribution >= 4 is 43.1 Å². The van der Waals surface area contributed by atoms with Crippen molar-refractivity contribution in [2.45, 2.75) is 24.9 Å². The third kappa shape index (κ3) is 5.61. The Morgan fingerprint density at radius 2 is 0.967 bits per heavy atom. The maximum atomic E-state index is 11.5. The van der Waals surface area contributed by atoms with Crippen LogP contribution in [0.15, 0.2) is 194 Å². The third-order valence-electron chi connectivity index (χ3n) is 12.9. The summed E-state index contributed by atoms with van der Waals surface area (Å²) >= 11 is 0. The summed E-state index contributed by atoms with van der Waals surface area (Å²) in [5.41, 5.74) is 8.69.